The summed E-state index contributed by atoms with van der Waals surface area (Å²) in [4.78, 5) is 49.6. The largest absolute Gasteiger partial charge is 0.465 e. The van der Waals surface area contributed by atoms with Gasteiger partial charge in [-0.15, -0.1) is 0 Å². The van der Waals surface area contributed by atoms with Gasteiger partial charge in [0.2, 0.25) is 17.7 Å². The zero-order valence-corrected chi connectivity index (χ0v) is 16.7. The van der Waals surface area contributed by atoms with Gasteiger partial charge in [-0.05, 0) is 12.3 Å². The average Bonchev–Trinajstić information content (AvgIpc) is 2.71. The van der Waals surface area contributed by atoms with Crippen LogP contribution in [-0.2, 0) is 19.1 Å². The Balaban J connectivity index is 2.02. The first-order valence-electron chi connectivity index (χ1n) is 10.3. The van der Waals surface area contributed by atoms with Gasteiger partial charge >= 0.3 is 6.09 Å². The second kappa shape index (κ2) is 11.6. The summed E-state index contributed by atoms with van der Waals surface area (Å²) in [6.07, 6.45) is 4.77. The lowest BCUT2D eigenvalue weighted by Crippen LogP contribution is -2.53. The third-order valence-electron chi connectivity index (χ3n) is 5.62. The summed E-state index contributed by atoms with van der Waals surface area (Å²) >= 11 is 0. The van der Waals surface area contributed by atoms with Crippen LogP contribution in [-0.4, -0.2) is 72.7 Å². The quantitative estimate of drug-likeness (QED) is 0.420. The number of primary amides is 1. The molecule has 10 nitrogen and oxygen atoms in total. The van der Waals surface area contributed by atoms with Crippen LogP contribution in [0.5, 0.6) is 0 Å². The maximum Gasteiger partial charge on any atom is 0.404 e. The van der Waals surface area contributed by atoms with Crippen LogP contribution in [0.1, 0.15) is 44.9 Å². The Morgan fingerprint density at radius 1 is 1.10 bits per heavy atom. The lowest BCUT2D eigenvalue weighted by atomic mass is 9.81. The molecule has 164 valence electrons. The van der Waals surface area contributed by atoms with Gasteiger partial charge in [0.15, 0.2) is 0 Å². The molecule has 1 aliphatic carbocycles. The van der Waals surface area contributed by atoms with Crippen LogP contribution in [0.15, 0.2) is 0 Å². The fraction of sp³-hybridized carbons (Fsp3) is 0.789. The fourth-order valence-electron chi connectivity index (χ4n) is 3.96. The van der Waals surface area contributed by atoms with E-state index in [0.29, 0.717) is 38.6 Å². The maximum absolute atomic E-state index is 12.9. The molecule has 1 aliphatic heterocycles. The zero-order valence-electron chi connectivity index (χ0n) is 16.7. The van der Waals surface area contributed by atoms with Crippen molar-refractivity contribution in [2.24, 2.45) is 17.6 Å². The summed E-state index contributed by atoms with van der Waals surface area (Å²) in [5.74, 6) is -1.60. The van der Waals surface area contributed by atoms with Crippen molar-refractivity contribution >= 4 is 23.8 Å². The lowest BCUT2D eigenvalue weighted by molar-refractivity contribution is -0.140. The standard InChI is InChI=1S/C19H32N4O6/c20-17(25)15(12-21-19(27)28)22-18(26)14(10-13-4-2-1-3-5-13)11-16(24)23-6-8-29-9-7-23/h13-15,21H,1-12H2,(H2,20,25)(H,22,26)(H,27,28). The lowest BCUT2D eigenvalue weighted by Gasteiger charge is -2.30. The summed E-state index contributed by atoms with van der Waals surface area (Å²) in [5, 5.41) is 13.3. The molecule has 2 aliphatic rings. The molecule has 0 aromatic rings. The van der Waals surface area contributed by atoms with E-state index >= 15 is 0 Å². The van der Waals surface area contributed by atoms with E-state index in [9.17, 15) is 19.2 Å². The van der Waals surface area contributed by atoms with Gasteiger partial charge < -0.3 is 31.1 Å². The smallest absolute Gasteiger partial charge is 0.404 e. The molecule has 4 amide bonds. The van der Waals surface area contributed by atoms with Gasteiger partial charge in [0.05, 0.1) is 19.8 Å². The van der Waals surface area contributed by atoms with Crippen LogP contribution in [0.2, 0.25) is 0 Å². The molecule has 10 heteroatoms. The summed E-state index contributed by atoms with van der Waals surface area (Å²) in [5.41, 5.74) is 5.30. The first-order chi connectivity index (χ1) is 13.9. The van der Waals surface area contributed by atoms with Gasteiger partial charge in [0, 0.05) is 25.4 Å². The molecule has 2 unspecified atom stereocenters. The summed E-state index contributed by atoms with van der Waals surface area (Å²) in [6.45, 7) is 1.65. The van der Waals surface area contributed by atoms with Crippen LogP contribution >= 0.6 is 0 Å². The molecular formula is C19H32N4O6. The molecule has 0 aromatic heterocycles. The Bertz CT molecular complexity index is 587. The molecule has 2 fully saturated rings. The Morgan fingerprint density at radius 3 is 2.34 bits per heavy atom. The molecule has 0 spiro atoms. The number of nitrogens with two attached hydrogens (primary N) is 1. The van der Waals surface area contributed by atoms with E-state index < -0.39 is 29.9 Å². The summed E-state index contributed by atoms with van der Waals surface area (Å²) in [6, 6.07) is -1.16. The number of morpholine rings is 1. The molecule has 1 heterocycles. The number of rotatable bonds is 9. The molecule has 1 saturated heterocycles. The van der Waals surface area contributed by atoms with Crippen molar-refractivity contribution in [3.63, 3.8) is 0 Å². The van der Waals surface area contributed by atoms with E-state index in [-0.39, 0.29) is 18.9 Å². The highest BCUT2D eigenvalue weighted by atomic mass is 16.5. The van der Waals surface area contributed by atoms with Gasteiger partial charge in [0.1, 0.15) is 6.04 Å². The Kier molecular flexibility index (Phi) is 9.17. The monoisotopic (exact) mass is 412 g/mol. The van der Waals surface area contributed by atoms with Crippen molar-refractivity contribution in [3.05, 3.63) is 0 Å². The van der Waals surface area contributed by atoms with Crippen LogP contribution in [0.3, 0.4) is 0 Å². The second-order valence-corrected chi connectivity index (χ2v) is 7.78. The number of nitrogens with zero attached hydrogens (tertiary/aromatic N) is 1. The minimum absolute atomic E-state index is 0.0557. The number of carbonyl (C=O) groups is 4. The molecule has 29 heavy (non-hydrogen) atoms. The van der Waals surface area contributed by atoms with Crippen LogP contribution in [0.25, 0.3) is 0 Å². The van der Waals surface area contributed by atoms with Gasteiger partial charge in [-0.1, -0.05) is 32.1 Å². The van der Waals surface area contributed by atoms with E-state index in [1.807, 2.05) is 0 Å². The van der Waals surface area contributed by atoms with Crippen molar-refractivity contribution in [2.75, 3.05) is 32.8 Å². The Labute approximate surface area is 170 Å². The minimum Gasteiger partial charge on any atom is -0.465 e. The van der Waals surface area contributed by atoms with E-state index in [4.69, 9.17) is 15.6 Å². The predicted octanol–water partition coefficient (Wildman–Crippen LogP) is 0.0596. The first kappa shape index (κ1) is 22.9. The van der Waals surface area contributed by atoms with E-state index in [2.05, 4.69) is 10.6 Å². The molecule has 5 N–H and O–H groups in total. The van der Waals surface area contributed by atoms with Gasteiger partial charge in [-0.2, -0.15) is 0 Å². The number of carboxylic acid groups (broad SMARTS) is 1. The first-order valence-corrected chi connectivity index (χ1v) is 10.3. The highest BCUT2D eigenvalue weighted by Gasteiger charge is 2.31. The molecule has 2 atom stereocenters. The Hall–Kier alpha value is -2.36. The summed E-state index contributed by atoms with van der Waals surface area (Å²) in [7, 11) is 0. The third kappa shape index (κ3) is 7.88. The molecule has 0 aromatic carbocycles. The van der Waals surface area contributed by atoms with Crippen LogP contribution < -0.4 is 16.4 Å². The van der Waals surface area contributed by atoms with Crippen molar-refractivity contribution < 1.29 is 29.0 Å². The Morgan fingerprint density at radius 2 is 1.76 bits per heavy atom. The van der Waals surface area contributed by atoms with E-state index in [1.54, 1.807) is 4.90 Å². The summed E-state index contributed by atoms with van der Waals surface area (Å²) < 4.78 is 5.27. The molecule has 2 rings (SSSR count). The predicted molar refractivity (Wildman–Crippen MR) is 104 cm³/mol. The highest BCUT2D eigenvalue weighted by Crippen LogP contribution is 2.30. The average molecular weight is 412 g/mol. The number of ether oxygens (including phenoxy) is 1. The molecular weight excluding hydrogens is 380 g/mol. The number of carbonyl (C=O) groups excluding carboxylic acids is 3. The normalized spacial score (nSPS) is 19.8. The highest BCUT2D eigenvalue weighted by molar-refractivity contribution is 5.90. The minimum atomic E-state index is -1.31. The number of amides is 4. The van der Waals surface area contributed by atoms with E-state index in [0.717, 1.165) is 25.7 Å². The van der Waals surface area contributed by atoms with Crippen LogP contribution in [0, 0.1) is 11.8 Å². The molecule has 0 bridgehead atoms. The number of nitrogens with one attached hydrogen (secondary N) is 2. The van der Waals surface area contributed by atoms with Gasteiger partial charge in [-0.3, -0.25) is 14.4 Å². The zero-order chi connectivity index (χ0) is 21.2. The van der Waals surface area contributed by atoms with Crippen molar-refractivity contribution in [2.45, 2.75) is 51.0 Å². The number of hydrogen-bond acceptors (Lipinski definition) is 5. The molecule has 1 saturated carbocycles. The van der Waals surface area contributed by atoms with Crippen molar-refractivity contribution in [1.29, 1.82) is 0 Å². The van der Waals surface area contributed by atoms with Gasteiger partial charge in [-0.25, -0.2) is 4.79 Å². The van der Waals surface area contributed by atoms with Crippen molar-refractivity contribution in [3.8, 4) is 0 Å². The molecule has 0 radical (unpaired) electrons. The van der Waals surface area contributed by atoms with E-state index in [1.165, 1.54) is 6.42 Å². The maximum atomic E-state index is 12.9. The third-order valence-corrected chi connectivity index (χ3v) is 5.62. The van der Waals surface area contributed by atoms with Crippen molar-refractivity contribution in [1.82, 2.24) is 15.5 Å². The second-order valence-electron chi connectivity index (χ2n) is 7.78. The SMILES string of the molecule is NC(=O)C(CNC(=O)O)NC(=O)C(CC(=O)N1CCOCC1)CC1CCCCC1. The number of hydrogen-bond donors (Lipinski definition) is 4. The van der Waals surface area contributed by atoms with Gasteiger partial charge in [0.25, 0.3) is 0 Å². The topological polar surface area (TPSA) is 151 Å². The van der Waals surface area contributed by atoms with Crippen LogP contribution in [0.4, 0.5) is 4.79 Å². The fourth-order valence-corrected chi connectivity index (χ4v) is 3.96.